The molecule has 0 saturated heterocycles. The molecule has 3 aliphatic carbocycles. The summed E-state index contributed by atoms with van der Waals surface area (Å²) < 4.78 is 6.59. The molecule has 0 N–H and O–H groups in total. The molecule has 3 aliphatic rings. The summed E-state index contributed by atoms with van der Waals surface area (Å²) in [5.41, 5.74) is 12.4. The first-order valence-electron chi connectivity index (χ1n) is 18.5. The minimum atomic E-state index is 0.204. The Morgan fingerprint density at radius 1 is 0.500 bits per heavy atom. The molecule has 0 amide bonds. The van der Waals surface area contributed by atoms with Crippen molar-refractivity contribution in [2.24, 2.45) is 17.8 Å². The van der Waals surface area contributed by atoms with Gasteiger partial charge in [0, 0.05) is 22.6 Å². The molecule has 0 radical (unpaired) electrons. The topological polar surface area (TPSA) is 13.1 Å². The van der Waals surface area contributed by atoms with Crippen molar-refractivity contribution in [2.75, 3.05) is 0 Å². The average Bonchev–Trinajstić information content (AvgIpc) is 3.58. The highest BCUT2D eigenvalue weighted by Gasteiger charge is 2.32. The third-order valence-corrected chi connectivity index (χ3v) is 11.8. The van der Waals surface area contributed by atoms with Crippen LogP contribution in [0.15, 0.2) is 168 Å². The highest BCUT2D eigenvalue weighted by atomic mass is 16.3. The number of furan rings is 1. The van der Waals surface area contributed by atoms with E-state index >= 15 is 0 Å². The molecule has 0 saturated carbocycles. The van der Waals surface area contributed by atoms with E-state index in [1.54, 1.807) is 0 Å². The number of rotatable bonds is 3. The number of hydrogen-bond donors (Lipinski definition) is 0. The van der Waals surface area contributed by atoms with Gasteiger partial charge in [-0.3, -0.25) is 0 Å². The molecule has 246 valence electrons. The van der Waals surface area contributed by atoms with Crippen LogP contribution in [0.25, 0.3) is 71.8 Å². The molecule has 1 aromatic heterocycles. The van der Waals surface area contributed by atoms with Gasteiger partial charge >= 0.3 is 0 Å². The monoisotopic (exact) mass is 664 g/mol. The zero-order valence-electron chi connectivity index (χ0n) is 29.0. The molecule has 0 fully saturated rings. The third kappa shape index (κ3) is 4.55. The third-order valence-electron chi connectivity index (χ3n) is 11.8. The van der Waals surface area contributed by atoms with Crippen molar-refractivity contribution in [3.8, 4) is 11.1 Å². The maximum absolute atomic E-state index is 6.59. The van der Waals surface area contributed by atoms with Crippen LogP contribution in [0, 0.1) is 17.8 Å². The lowest BCUT2D eigenvalue weighted by Gasteiger charge is -2.33. The van der Waals surface area contributed by atoms with Crippen molar-refractivity contribution >= 4 is 60.7 Å². The second kappa shape index (κ2) is 11.4. The predicted molar refractivity (Wildman–Crippen MR) is 218 cm³/mol. The first-order chi connectivity index (χ1) is 25.7. The molecule has 7 aromatic carbocycles. The molecule has 0 aliphatic heterocycles. The SMILES string of the molecule is CC1C=Cc2ccc3oc4cc(-c5ccc6c(c5)=C(c5ccc7ccccc7c5)C5C=CC=CC5C=6c5ccc6ccccc6c5)ccc4c3c2C1. The van der Waals surface area contributed by atoms with Gasteiger partial charge in [0.15, 0.2) is 0 Å². The molecule has 3 atom stereocenters. The van der Waals surface area contributed by atoms with E-state index in [0.29, 0.717) is 5.92 Å². The van der Waals surface area contributed by atoms with E-state index in [2.05, 4.69) is 177 Å². The van der Waals surface area contributed by atoms with Crippen LogP contribution in [0.2, 0.25) is 0 Å². The Morgan fingerprint density at radius 3 is 1.83 bits per heavy atom. The van der Waals surface area contributed by atoms with Crippen molar-refractivity contribution in [3.05, 3.63) is 197 Å². The molecule has 52 heavy (non-hydrogen) atoms. The normalized spacial score (nSPS) is 19.1. The molecule has 8 aromatic rings. The molecule has 11 rings (SSSR count). The standard InChI is InChI=1S/C51H36O/c1-31-14-15-34-22-25-47-51(45(34)26-31)44-24-21-38(30-48(44)52-47)37-20-23-43-46(29-37)50(40-19-17-33-9-3-5-11-36(33)28-40)42-13-7-6-12-41(42)49(43)39-18-16-32-8-2-4-10-35(32)27-39/h2-25,27-31,41-42H,26H2,1H3. The zero-order valence-corrected chi connectivity index (χ0v) is 29.0. The summed E-state index contributed by atoms with van der Waals surface area (Å²) in [5.74, 6) is 0.952. The quantitative estimate of drug-likeness (QED) is 0.183. The van der Waals surface area contributed by atoms with E-state index in [4.69, 9.17) is 4.42 Å². The fourth-order valence-corrected chi connectivity index (χ4v) is 9.28. The molecule has 1 nitrogen and oxygen atoms in total. The lowest BCUT2D eigenvalue weighted by molar-refractivity contribution is 0.667. The van der Waals surface area contributed by atoms with E-state index in [9.17, 15) is 0 Å². The van der Waals surface area contributed by atoms with Crippen LogP contribution in [-0.2, 0) is 6.42 Å². The van der Waals surface area contributed by atoms with E-state index in [1.165, 1.54) is 87.3 Å². The van der Waals surface area contributed by atoms with Gasteiger partial charge in [0.1, 0.15) is 11.2 Å². The van der Waals surface area contributed by atoms with Gasteiger partial charge < -0.3 is 4.42 Å². The van der Waals surface area contributed by atoms with Crippen LogP contribution in [-0.4, -0.2) is 0 Å². The van der Waals surface area contributed by atoms with Gasteiger partial charge in [-0.15, -0.1) is 0 Å². The number of benzene rings is 7. The Labute approximate surface area is 302 Å². The Morgan fingerprint density at radius 2 is 1.12 bits per heavy atom. The van der Waals surface area contributed by atoms with E-state index in [0.717, 1.165) is 17.6 Å². The van der Waals surface area contributed by atoms with Gasteiger partial charge in [0.2, 0.25) is 0 Å². The van der Waals surface area contributed by atoms with Crippen LogP contribution in [0.1, 0.15) is 29.2 Å². The second-order valence-electron chi connectivity index (χ2n) is 14.9. The average molecular weight is 665 g/mol. The second-order valence-corrected chi connectivity index (χ2v) is 14.9. The molecule has 1 heteroatoms. The van der Waals surface area contributed by atoms with Crippen LogP contribution < -0.4 is 10.4 Å². The summed E-state index contributed by atoms with van der Waals surface area (Å²) in [6.07, 6.45) is 14.9. The first-order valence-corrected chi connectivity index (χ1v) is 18.5. The van der Waals surface area contributed by atoms with Crippen molar-refractivity contribution in [2.45, 2.75) is 13.3 Å². The smallest absolute Gasteiger partial charge is 0.136 e. The van der Waals surface area contributed by atoms with Crippen LogP contribution >= 0.6 is 0 Å². The number of allylic oxidation sites excluding steroid dienone is 5. The van der Waals surface area contributed by atoms with Crippen LogP contribution in [0.3, 0.4) is 0 Å². The van der Waals surface area contributed by atoms with Gasteiger partial charge in [-0.25, -0.2) is 0 Å². The molecule has 1 heterocycles. The van der Waals surface area contributed by atoms with Gasteiger partial charge in [-0.2, -0.15) is 0 Å². The fraction of sp³-hybridized carbons (Fsp3) is 0.0980. The largest absolute Gasteiger partial charge is 0.456 e. The maximum Gasteiger partial charge on any atom is 0.136 e. The summed E-state index contributed by atoms with van der Waals surface area (Å²) in [6.45, 7) is 2.29. The van der Waals surface area contributed by atoms with E-state index in [1.807, 2.05) is 0 Å². The molecule has 0 bridgehead atoms. The van der Waals surface area contributed by atoms with Crippen molar-refractivity contribution < 1.29 is 4.42 Å². The summed E-state index contributed by atoms with van der Waals surface area (Å²) in [5, 5.41) is 10.2. The van der Waals surface area contributed by atoms with E-state index in [-0.39, 0.29) is 11.8 Å². The van der Waals surface area contributed by atoms with Crippen molar-refractivity contribution in [1.82, 2.24) is 0 Å². The summed E-state index contributed by atoms with van der Waals surface area (Å²) in [7, 11) is 0. The van der Waals surface area contributed by atoms with Crippen molar-refractivity contribution in [3.63, 3.8) is 0 Å². The molecular formula is C51H36O. The number of fused-ring (bicyclic) bond motifs is 9. The van der Waals surface area contributed by atoms with Crippen LogP contribution in [0.5, 0.6) is 0 Å². The van der Waals surface area contributed by atoms with Gasteiger partial charge in [-0.05, 0) is 125 Å². The number of hydrogen-bond acceptors (Lipinski definition) is 1. The first kappa shape index (κ1) is 29.5. The Balaban J connectivity index is 1.18. The zero-order chi connectivity index (χ0) is 34.3. The Kier molecular flexibility index (Phi) is 6.49. The van der Waals surface area contributed by atoms with E-state index < -0.39 is 0 Å². The van der Waals surface area contributed by atoms with Crippen molar-refractivity contribution in [1.29, 1.82) is 0 Å². The minimum Gasteiger partial charge on any atom is -0.456 e. The Bertz CT molecular complexity index is 3020. The van der Waals surface area contributed by atoms with Gasteiger partial charge in [0.05, 0.1) is 0 Å². The lowest BCUT2D eigenvalue weighted by atomic mass is 9.69. The highest BCUT2D eigenvalue weighted by Crippen LogP contribution is 2.42. The van der Waals surface area contributed by atoms with Crippen LogP contribution in [0.4, 0.5) is 0 Å². The fourth-order valence-electron chi connectivity index (χ4n) is 9.28. The maximum atomic E-state index is 6.59. The lowest BCUT2D eigenvalue weighted by Crippen LogP contribution is -2.40. The molecule has 3 unspecified atom stereocenters. The van der Waals surface area contributed by atoms with Gasteiger partial charge in [-0.1, -0.05) is 140 Å². The highest BCUT2D eigenvalue weighted by molar-refractivity contribution is 6.09. The predicted octanol–water partition coefficient (Wildman–Crippen LogP) is 11.5. The van der Waals surface area contributed by atoms with Gasteiger partial charge in [0.25, 0.3) is 0 Å². The summed E-state index contributed by atoms with van der Waals surface area (Å²) in [4.78, 5) is 0. The molecule has 0 spiro atoms. The Hall–Kier alpha value is -6.18. The molecular weight excluding hydrogens is 629 g/mol. The summed E-state index contributed by atoms with van der Waals surface area (Å²) >= 11 is 0. The summed E-state index contributed by atoms with van der Waals surface area (Å²) in [6, 6.07) is 49.7. The minimum absolute atomic E-state index is 0.204.